The van der Waals surface area contributed by atoms with Crippen molar-refractivity contribution in [2.45, 2.75) is 50.3 Å². The highest BCUT2D eigenvalue weighted by Crippen LogP contribution is 2.39. The first-order chi connectivity index (χ1) is 9.15. The molecule has 104 valence electrons. The highest BCUT2D eigenvalue weighted by Gasteiger charge is 2.40. The summed E-state index contributed by atoms with van der Waals surface area (Å²) in [5.41, 5.74) is 1.01. The summed E-state index contributed by atoms with van der Waals surface area (Å²) < 4.78 is 0. The molecular formula is C15H21ClN2O. The van der Waals surface area contributed by atoms with Gasteiger partial charge in [0, 0.05) is 30.9 Å². The third kappa shape index (κ3) is 2.64. The van der Waals surface area contributed by atoms with Crippen molar-refractivity contribution < 1.29 is 5.11 Å². The van der Waals surface area contributed by atoms with E-state index in [1.165, 1.54) is 12.8 Å². The summed E-state index contributed by atoms with van der Waals surface area (Å²) in [6, 6.07) is 3.26. The molecule has 0 radical (unpaired) electrons. The van der Waals surface area contributed by atoms with Gasteiger partial charge in [0.2, 0.25) is 0 Å². The molecule has 0 spiro atoms. The molecule has 0 saturated carbocycles. The van der Waals surface area contributed by atoms with Gasteiger partial charge in [-0.15, -0.1) is 0 Å². The Hall–Kier alpha value is -0.640. The van der Waals surface area contributed by atoms with Crippen molar-refractivity contribution in [2.75, 3.05) is 7.05 Å². The van der Waals surface area contributed by atoms with Crippen molar-refractivity contribution in [3.05, 3.63) is 29.0 Å². The smallest absolute Gasteiger partial charge is 0.0622 e. The lowest BCUT2D eigenvalue weighted by Crippen LogP contribution is -2.43. The standard InChI is InChI=1S/C15H21ClN2O/c1-18-12-2-3-13(18)7-11(6-12)15(19)8-10-4-5-17-9-14(10)16/h4-5,9,11-13,15,19H,2-3,6-8H2,1H3. The molecule has 2 aliphatic rings. The predicted octanol–water partition coefficient (Wildman–Crippen LogP) is 2.51. The van der Waals surface area contributed by atoms with E-state index in [9.17, 15) is 5.11 Å². The Labute approximate surface area is 119 Å². The van der Waals surface area contributed by atoms with E-state index in [2.05, 4.69) is 16.9 Å². The van der Waals surface area contributed by atoms with Gasteiger partial charge in [-0.25, -0.2) is 0 Å². The van der Waals surface area contributed by atoms with Gasteiger partial charge in [0.15, 0.2) is 0 Å². The summed E-state index contributed by atoms with van der Waals surface area (Å²) in [7, 11) is 2.23. The van der Waals surface area contributed by atoms with Crippen LogP contribution in [-0.2, 0) is 6.42 Å². The number of fused-ring (bicyclic) bond motifs is 2. The number of nitrogens with zero attached hydrogens (tertiary/aromatic N) is 2. The molecule has 0 aromatic carbocycles. The highest BCUT2D eigenvalue weighted by molar-refractivity contribution is 6.31. The van der Waals surface area contributed by atoms with Gasteiger partial charge in [0.05, 0.1) is 11.1 Å². The van der Waals surface area contributed by atoms with Crippen LogP contribution in [0.5, 0.6) is 0 Å². The average molecular weight is 281 g/mol. The van der Waals surface area contributed by atoms with E-state index in [0.717, 1.165) is 18.4 Å². The van der Waals surface area contributed by atoms with Gasteiger partial charge in [0.1, 0.15) is 0 Å². The second kappa shape index (κ2) is 5.39. The number of halogens is 1. The number of hydrogen-bond acceptors (Lipinski definition) is 3. The van der Waals surface area contributed by atoms with Crippen molar-refractivity contribution in [3.8, 4) is 0 Å². The van der Waals surface area contributed by atoms with E-state index in [1.807, 2.05) is 6.07 Å². The number of pyridine rings is 1. The molecule has 19 heavy (non-hydrogen) atoms. The van der Waals surface area contributed by atoms with Crippen LogP contribution in [0.3, 0.4) is 0 Å². The van der Waals surface area contributed by atoms with Crippen LogP contribution in [0.25, 0.3) is 0 Å². The minimum absolute atomic E-state index is 0.281. The molecule has 0 aliphatic carbocycles. The zero-order chi connectivity index (χ0) is 13.4. The van der Waals surface area contributed by atoms with Crippen LogP contribution in [0, 0.1) is 5.92 Å². The normalized spacial score (nSPS) is 32.5. The monoisotopic (exact) mass is 280 g/mol. The molecule has 2 saturated heterocycles. The summed E-state index contributed by atoms with van der Waals surface area (Å²) in [4.78, 5) is 6.49. The number of hydrogen-bond donors (Lipinski definition) is 1. The largest absolute Gasteiger partial charge is 0.392 e. The fraction of sp³-hybridized carbons (Fsp3) is 0.667. The molecule has 2 aliphatic heterocycles. The molecule has 3 unspecified atom stereocenters. The van der Waals surface area contributed by atoms with E-state index in [1.54, 1.807) is 12.4 Å². The zero-order valence-electron chi connectivity index (χ0n) is 11.3. The topological polar surface area (TPSA) is 36.4 Å². The SMILES string of the molecule is CN1C2CCC1CC(C(O)Cc1ccncc1Cl)C2. The Bertz CT molecular complexity index is 440. The molecule has 3 nitrogen and oxygen atoms in total. The molecular weight excluding hydrogens is 260 g/mol. The lowest BCUT2D eigenvalue weighted by molar-refractivity contribution is 0.0368. The molecule has 1 N–H and O–H groups in total. The number of piperidine rings is 1. The zero-order valence-corrected chi connectivity index (χ0v) is 12.1. The van der Waals surface area contributed by atoms with Crippen molar-refractivity contribution in [3.63, 3.8) is 0 Å². The number of aliphatic hydroxyl groups is 1. The second-order valence-electron chi connectivity index (χ2n) is 6.02. The van der Waals surface area contributed by atoms with Gasteiger partial charge in [-0.2, -0.15) is 0 Å². The van der Waals surface area contributed by atoms with Crippen LogP contribution >= 0.6 is 11.6 Å². The molecule has 2 fully saturated rings. The number of rotatable bonds is 3. The summed E-state index contributed by atoms with van der Waals surface area (Å²) in [6.07, 6.45) is 8.59. The molecule has 0 amide bonds. The van der Waals surface area contributed by atoms with Crippen LogP contribution in [-0.4, -0.2) is 40.2 Å². The van der Waals surface area contributed by atoms with Crippen LogP contribution in [0.15, 0.2) is 18.5 Å². The first kappa shape index (κ1) is 13.3. The van der Waals surface area contributed by atoms with E-state index in [-0.39, 0.29) is 6.10 Å². The maximum absolute atomic E-state index is 10.5. The Morgan fingerprint density at radius 3 is 2.74 bits per heavy atom. The van der Waals surface area contributed by atoms with Gasteiger partial charge in [-0.1, -0.05) is 11.6 Å². The maximum Gasteiger partial charge on any atom is 0.0622 e. The van der Waals surface area contributed by atoms with Crippen molar-refractivity contribution in [2.24, 2.45) is 5.92 Å². The summed E-state index contributed by atoms with van der Waals surface area (Å²) >= 11 is 6.12. The van der Waals surface area contributed by atoms with Gasteiger partial charge >= 0.3 is 0 Å². The average Bonchev–Trinajstić information content (AvgIpc) is 2.64. The molecule has 3 atom stereocenters. The number of aromatic nitrogens is 1. The fourth-order valence-corrected chi connectivity index (χ4v) is 3.93. The van der Waals surface area contributed by atoms with E-state index in [0.29, 0.717) is 29.4 Å². The summed E-state index contributed by atoms with van der Waals surface area (Å²) in [5, 5.41) is 11.2. The molecule has 3 heterocycles. The Kier molecular flexibility index (Phi) is 3.79. The first-order valence-electron chi connectivity index (χ1n) is 7.13. The van der Waals surface area contributed by atoms with Crippen LogP contribution in [0.4, 0.5) is 0 Å². The number of aliphatic hydroxyl groups excluding tert-OH is 1. The third-order valence-corrected chi connectivity index (χ3v) is 5.30. The second-order valence-corrected chi connectivity index (χ2v) is 6.43. The molecule has 1 aromatic heterocycles. The fourth-order valence-electron chi connectivity index (χ4n) is 3.73. The van der Waals surface area contributed by atoms with Gasteiger partial charge < -0.3 is 10.0 Å². The summed E-state index contributed by atoms with van der Waals surface area (Å²) in [6.45, 7) is 0. The van der Waals surface area contributed by atoms with Crippen molar-refractivity contribution in [1.82, 2.24) is 9.88 Å². The third-order valence-electron chi connectivity index (χ3n) is 4.96. The van der Waals surface area contributed by atoms with E-state index < -0.39 is 0 Å². The van der Waals surface area contributed by atoms with E-state index >= 15 is 0 Å². The Balaban J connectivity index is 1.65. The molecule has 4 heteroatoms. The Morgan fingerprint density at radius 1 is 1.42 bits per heavy atom. The highest BCUT2D eigenvalue weighted by atomic mass is 35.5. The first-order valence-corrected chi connectivity index (χ1v) is 7.51. The quantitative estimate of drug-likeness (QED) is 0.924. The van der Waals surface area contributed by atoms with E-state index in [4.69, 9.17) is 11.6 Å². The lowest BCUT2D eigenvalue weighted by atomic mass is 9.84. The molecule has 3 rings (SSSR count). The summed E-state index contributed by atoms with van der Waals surface area (Å²) in [5.74, 6) is 0.415. The van der Waals surface area contributed by atoms with Crippen molar-refractivity contribution in [1.29, 1.82) is 0 Å². The predicted molar refractivity (Wildman–Crippen MR) is 76.3 cm³/mol. The molecule has 2 bridgehead atoms. The van der Waals surface area contributed by atoms with Crippen LogP contribution in [0.2, 0.25) is 5.02 Å². The maximum atomic E-state index is 10.5. The van der Waals surface area contributed by atoms with Crippen molar-refractivity contribution >= 4 is 11.6 Å². The van der Waals surface area contributed by atoms with Gasteiger partial charge in [-0.05, 0) is 50.3 Å². The van der Waals surface area contributed by atoms with Gasteiger partial charge in [0.25, 0.3) is 0 Å². The van der Waals surface area contributed by atoms with Gasteiger partial charge in [-0.3, -0.25) is 4.98 Å². The lowest BCUT2D eigenvalue weighted by Gasteiger charge is -2.38. The molecule has 1 aromatic rings. The van der Waals surface area contributed by atoms with Crippen LogP contribution < -0.4 is 0 Å². The minimum Gasteiger partial charge on any atom is -0.392 e. The Morgan fingerprint density at radius 2 is 2.11 bits per heavy atom. The minimum atomic E-state index is -0.281. The van der Waals surface area contributed by atoms with Crippen LogP contribution in [0.1, 0.15) is 31.2 Å².